The third kappa shape index (κ3) is 12.1. The Morgan fingerprint density at radius 3 is 1.35 bits per heavy atom. The first-order chi connectivity index (χ1) is 26.2. The topological polar surface area (TPSA) is 97.0 Å². The lowest BCUT2D eigenvalue weighted by Crippen LogP contribution is -2.06. The van der Waals surface area contributed by atoms with Gasteiger partial charge in [-0.1, -0.05) is 143 Å². The zero-order valence-electron chi connectivity index (χ0n) is 34.9. The zero-order valence-corrected chi connectivity index (χ0v) is 34.9. The molecule has 0 aliphatic carbocycles. The third-order valence-corrected chi connectivity index (χ3v) is 11.8. The summed E-state index contributed by atoms with van der Waals surface area (Å²) in [6, 6.07) is 10.1. The van der Waals surface area contributed by atoms with E-state index in [1.807, 2.05) is 39.1 Å². The van der Waals surface area contributed by atoms with Crippen molar-refractivity contribution in [1.29, 1.82) is 0 Å². The van der Waals surface area contributed by atoms with Crippen LogP contribution in [-0.4, -0.2) is 34.9 Å². The number of aromatic nitrogens is 5. The van der Waals surface area contributed by atoms with E-state index in [1.165, 1.54) is 114 Å². The highest BCUT2D eigenvalue weighted by Gasteiger charge is 2.22. The Balaban J connectivity index is 1.62. The van der Waals surface area contributed by atoms with Crippen LogP contribution in [0, 0.1) is 25.7 Å². The lowest BCUT2D eigenvalue weighted by molar-refractivity contribution is 0.387. The average molecular weight is 738 g/mol. The first-order valence-electron chi connectivity index (χ1n) is 21.6. The summed E-state index contributed by atoms with van der Waals surface area (Å²) in [5.41, 5.74) is 5.97. The fourth-order valence-electron chi connectivity index (χ4n) is 8.00. The maximum atomic E-state index is 11.7. The van der Waals surface area contributed by atoms with E-state index < -0.39 is 0 Å². The van der Waals surface area contributed by atoms with Gasteiger partial charge in [0.2, 0.25) is 0 Å². The maximum absolute atomic E-state index is 11.7. The van der Waals surface area contributed by atoms with Crippen LogP contribution in [0.5, 0.6) is 11.5 Å². The highest BCUT2D eigenvalue weighted by atomic mass is 16.3. The summed E-state index contributed by atoms with van der Waals surface area (Å²) in [6.45, 7) is 13.1. The summed E-state index contributed by atoms with van der Waals surface area (Å²) in [7, 11) is 1.86. The van der Waals surface area contributed by atoms with Gasteiger partial charge in [0.25, 0.3) is 0 Å². The lowest BCUT2D eigenvalue weighted by atomic mass is 9.88. The lowest BCUT2D eigenvalue weighted by Gasteiger charge is -2.19. The quantitative estimate of drug-likeness (QED) is 0.0657. The van der Waals surface area contributed by atoms with Gasteiger partial charge < -0.3 is 10.2 Å². The molecule has 0 saturated heterocycles. The van der Waals surface area contributed by atoms with E-state index in [4.69, 9.17) is 15.0 Å². The molecule has 0 fully saturated rings. The summed E-state index contributed by atoms with van der Waals surface area (Å²) in [6.07, 6.45) is 26.5. The standard InChI is InChI=1S/C47H71N5O2/c1-8-12-16-18-22-36(20-14-10-3)24-26-38-28-30-40(43(53)34(38)5)45-49-46(51-47(50-45)42-32-33-48-52(42)7)41-31-29-39(35(6)44(41)54)27-25-37(21-15-11-4)23-19-17-13-9-2/h28-33,36-37,53-54H,8-27H2,1-7H3. The van der Waals surface area contributed by atoms with Gasteiger partial charge in [0, 0.05) is 13.2 Å². The Labute approximate surface area is 327 Å². The molecule has 7 heteroatoms. The number of aryl methyl sites for hydroxylation is 3. The summed E-state index contributed by atoms with van der Waals surface area (Å²) in [4.78, 5) is 14.7. The van der Waals surface area contributed by atoms with Crippen molar-refractivity contribution in [3.8, 4) is 45.8 Å². The van der Waals surface area contributed by atoms with Crippen molar-refractivity contribution < 1.29 is 10.2 Å². The van der Waals surface area contributed by atoms with Crippen LogP contribution < -0.4 is 0 Å². The molecule has 2 aromatic heterocycles. The van der Waals surface area contributed by atoms with Crippen LogP contribution in [0.3, 0.4) is 0 Å². The van der Waals surface area contributed by atoms with Gasteiger partial charge in [0.1, 0.15) is 17.2 Å². The van der Waals surface area contributed by atoms with Crippen molar-refractivity contribution in [3.63, 3.8) is 0 Å². The normalized spacial score (nSPS) is 12.7. The molecule has 2 unspecified atom stereocenters. The Bertz CT molecular complexity index is 1610. The highest BCUT2D eigenvalue weighted by Crippen LogP contribution is 2.38. The second-order valence-corrected chi connectivity index (χ2v) is 15.9. The molecule has 0 saturated carbocycles. The van der Waals surface area contributed by atoms with E-state index in [-0.39, 0.29) is 11.5 Å². The van der Waals surface area contributed by atoms with Gasteiger partial charge in [0.15, 0.2) is 17.5 Å². The van der Waals surface area contributed by atoms with Gasteiger partial charge in [-0.25, -0.2) is 15.0 Å². The predicted octanol–water partition coefficient (Wildman–Crippen LogP) is 13.1. The van der Waals surface area contributed by atoms with Gasteiger partial charge in [-0.05, 0) is 91.8 Å². The Morgan fingerprint density at radius 2 is 0.944 bits per heavy atom. The molecule has 0 spiro atoms. The molecular formula is C47H71N5O2. The minimum absolute atomic E-state index is 0.205. The monoisotopic (exact) mass is 738 g/mol. The molecule has 0 radical (unpaired) electrons. The molecule has 0 amide bonds. The van der Waals surface area contributed by atoms with Crippen LogP contribution in [-0.2, 0) is 19.9 Å². The van der Waals surface area contributed by atoms with Gasteiger partial charge >= 0.3 is 0 Å². The molecule has 54 heavy (non-hydrogen) atoms. The number of nitrogens with zero attached hydrogens (tertiary/aromatic N) is 5. The zero-order chi connectivity index (χ0) is 38.9. The van der Waals surface area contributed by atoms with Crippen LogP contribution in [0.1, 0.15) is 166 Å². The largest absolute Gasteiger partial charge is 0.507 e. The number of hydrogen-bond acceptors (Lipinski definition) is 6. The third-order valence-electron chi connectivity index (χ3n) is 11.8. The molecule has 4 rings (SSSR count). The van der Waals surface area contributed by atoms with Crippen molar-refractivity contribution in [1.82, 2.24) is 24.7 Å². The maximum Gasteiger partial charge on any atom is 0.182 e. The van der Waals surface area contributed by atoms with Crippen molar-refractivity contribution in [3.05, 3.63) is 58.8 Å². The smallest absolute Gasteiger partial charge is 0.182 e. The van der Waals surface area contributed by atoms with Crippen LogP contribution in [0.25, 0.3) is 34.3 Å². The molecular weight excluding hydrogens is 667 g/mol. The van der Waals surface area contributed by atoms with Crippen molar-refractivity contribution in [2.24, 2.45) is 18.9 Å². The van der Waals surface area contributed by atoms with E-state index in [0.29, 0.717) is 28.6 Å². The van der Waals surface area contributed by atoms with Gasteiger partial charge in [0.05, 0.1) is 11.1 Å². The van der Waals surface area contributed by atoms with Crippen molar-refractivity contribution in [2.75, 3.05) is 0 Å². The van der Waals surface area contributed by atoms with E-state index in [9.17, 15) is 10.2 Å². The minimum Gasteiger partial charge on any atom is -0.507 e. The summed E-state index contributed by atoms with van der Waals surface area (Å²) >= 11 is 0. The number of unbranched alkanes of at least 4 members (excludes halogenated alkanes) is 8. The molecule has 0 aliphatic rings. The molecule has 296 valence electrons. The first-order valence-corrected chi connectivity index (χ1v) is 21.6. The molecule has 7 nitrogen and oxygen atoms in total. The average Bonchev–Trinajstić information content (AvgIpc) is 3.61. The molecule has 2 heterocycles. The summed E-state index contributed by atoms with van der Waals surface area (Å²) < 4.78 is 1.74. The van der Waals surface area contributed by atoms with Gasteiger partial charge in [-0.2, -0.15) is 5.10 Å². The number of rotatable bonds is 25. The highest BCUT2D eigenvalue weighted by molar-refractivity contribution is 5.73. The van der Waals surface area contributed by atoms with Crippen molar-refractivity contribution >= 4 is 0 Å². The van der Waals surface area contributed by atoms with Crippen LogP contribution >= 0.6 is 0 Å². The number of phenolic OH excluding ortho intramolecular Hbond substituents is 2. The summed E-state index contributed by atoms with van der Waals surface area (Å²) in [5.74, 6) is 3.05. The van der Waals surface area contributed by atoms with Crippen molar-refractivity contribution in [2.45, 2.75) is 170 Å². The van der Waals surface area contributed by atoms with E-state index >= 15 is 0 Å². The predicted molar refractivity (Wildman–Crippen MR) is 226 cm³/mol. The Hall–Kier alpha value is -3.74. The molecule has 2 atom stereocenters. The van der Waals surface area contributed by atoms with Gasteiger partial charge in [-0.15, -0.1) is 0 Å². The second kappa shape index (κ2) is 22.6. The van der Waals surface area contributed by atoms with E-state index in [2.05, 4.69) is 44.9 Å². The number of phenols is 2. The minimum atomic E-state index is 0.205. The van der Waals surface area contributed by atoms with Gasteiger partial charge in [-0.3, -0.25) is 4.68 Å². The first kappa shape index (κ1) is 43.0. The van der Waals surface area contributed by atoms with Crippen LogP contribution in [0.4, 0.5) is 0 Å². The summed E-state index contributed by atoms with van der Waals surface area (Å²) in [5, 5.41) is 27.7. The molecule has 2 aromatic carbocycles. The fraction of sp³-hybridized carbons (Fsp3) is 0.617. The van der Waals surface area contributed by atoms with E-state index in [1.54, 1.807) is 10.9 Å². The molecule has 0 bridgehead atoms. The number of benzene rings is 2. The van der Waals surface area contributed by atoms with Crippen LogP contribution in [0.15, 0.2) is 36.5 Å². The Morgan fingerprint density at radius 1 is 0.519 bits per heavy atom. The number of hydrogen-bond donors (Lipinski definition) is 2. The SMILES string of the molecule is CCCCCCC(CCCC)CCc1ccc(-c2nc(-c3ccc(CCC(CCCC)CCCCCC)c(C)c3O)nc(-c3ccnn3C)n2)c(O)c1C. The van der Waals surface area contributed by atoms with E-state index in [0.717, 1.165) is 54.3 Å². The number of aromatic hydroxyl groups is 2. The Kier molecular flexibility index (Phi) is 18.0. The van der Waals surface area contributed by atoms with Crippen LogP contribution in [0.2, 0.25) is 0 Å². The fourth-order valence-corrected chi connectivity index (χ4v) is 8.00. The second-order valence-electron chi connectivity index (χ2n) is 15.9. The molecule has 4 aromatic rings. The molecule has 2 N–H and O–H groups in total. The molecule has 0 aliphatic heterocycles.